The lowest BCUT2D eigenvalue weighted by molar-refractivity contribution is 0.0600. The fourth-order valence-electron chi connectivity index (χ4n) is 3.93. The Labute approximate surface area is 196 Å². The number of benzene rings is 3. The van der Waals surface area contributed by atoms with Gasteiger partial charge in [-0.1, -0.05) is 54.6 Å². The van der Waals surface area contributed by atoms with E-state index in [1.165, 1.54) is 7.11 Å². The number of carbonyl (C=O) groups is 2. The molecule has 1 N–H and O–H groups in total. The largest absolute Gasteiger partial charge is 0.465 e. The van der Waals surface area contributed by atoms with Crippen molar-refractivity contribution in [2.24, 2.45) is 0 Å². The van der Waals surface area contributed by atoms with Crippen LogP contribution in [0.1, 0.15) is 32.1 Å². The van der Waals surface area contributed by atoms with Crippen LogP contribution in [0.25, 0.3) is 21.8 Å². The number of para-hydroxylation sites is 1. The van der Waals surface area contributed by atoms with E-state index in [4.69, 9.17) is 9.72 Å². The molecule has 168 valence electrons. The van der Waals surface area contributed by atoms with Crippen LogP contribution in [-0.2, 0) is 17.8 Å². The molecule has 3 aromatic carbocycles. The Hall–Kier alpha value is -4.52. The van der Waals surface area contributed by atoms with Gasteiger partial charge in [-0.25, -0.2) is 4.79 Å². The third kappa shape index (κ3) is 4.23. The molecule has 0 aliphatic carbocycles. The van der Waals surface area contributed by atoms with Gasteiger partial charge in [0, 0.05) is 17.3 Å². The summed E-state index contributed by atoms with van der Waals surface area (Å²) in [5, 5.41) is 9.49. The van der Waals surface area contributed by atoms with E-state index < -0.39 is 5.97 Å². The number of amides is 1. The Bertz CT molecular complexity index is 1510. The molecule has 0 atom stereocenters. The van der Waals surface area contributed by atoms with Gasteiger partial charge in [0.05, 0.1) is 35.9 Å². The number of hydrogen-bond donors (Lipinski definition) is 1. The molecule has 2 aromatic heterocycles. The predicted molar refractivity (Wildman–Crippen MR) is 130 cm³/mol. The Kier molecular flexibility index (Phi) is 5.74. The third-order valence-electron chi connectivity index (χ3n) is 5.66. The molecule has 0 fully saturated rings. The van der Waals surface area contributed by atoms with Crippen molar-refractivity contribution in [3.63, 3.8) is 0 Å². The van der Waals surface area contributed by atoms with E-state index in [1.807, 2.05) is 60.7 Å². The fraction of sp³-hybridized carbons (Fsp3) is 0.111. The molecule has 0 spiro atoms. The molecule has 0 bridgehead atoms. The van der Waals surface area contributed by atoms with Gasteiger partial charge in [-0.2, -0.15) is 5.10 Å². The van der Waals surface area contributed by atoms with E-state index >= 15 is 0 Å². The van der Waals surface area contributed by atoms with Crippen molar-refractivity contribution < 1.29 is 14.3 Å². The number of ether oxygens (including phenoxy) is 1. The molecular formula is C27H22N4O3. The summed E-state index contributed by atoms with van der Waals surface area (Å²) in [7, 11) is 1.34. The number of aromatic nitrogens is 3. The van der Waals surface area contributed by atoms with Crippen LogP contribution in [0.2, 0.25) is 0 Å². The van der Waals surface area contributed by atoms with Crippen molar-refractivity contribution in [2.45, 2.75) is 13.1 Å². The van der Waals surface area contributed by atoms with Crippen LogP contribution in [0.4, 0.5) is 0 Å². The highest BCUT2D eigenvalue weighted by Gasteiger charge is 2.19. The van der Waals surface area contributed by atoms with Gasteiger partial charge < -0.3 is 10.1 Å². The maximum Gasteiger partial charge on any atom is 0.337 e. The average molecular weight is 450 g/mol. The van der Waals surface area contributed by atoms with E-state index in [2.05, 4.69) is 10.4 Å². The molecular weight excluding hydrogens is 428 g/mol. The van der Waals surface area contributed by atoms with Gasteiger partial charge >= 0.3 is 5.97 Å². The predicted octanol–water partition coefficient (Wildman–Crippen LogP) is 4.35. The number of nitrogens with zero attached hydrogens (tertiary/aromatic N) is 3. The zero-order chi connectivity index (χ0) is 23.5. The molecule has 5 aromatic rings. The Balaban J connectivity index is 1.41. The minimum absolute atomic E-state index is 0.230. The van der Waals surface area contributed by atoms with Gasteiger partial charge in [0.1, 0.15) is 5.69 Å². The first-order chi connectivity index (χ1) is 16.6. The van der Waals surface area contributed by atoms with Crippen LogP contribution in [0.3, 0.4) is 0 Å². The number of hydrogen-bond acceptors (Lipinski definition) is 5. The molecule has 0 aliphatic rings. The number of esters is 1. The fourth-order valence-corrected chi connectivity index (χ4v) is 3.93. The Morgan fingerprint density at radius 1 is 0.882 bits per heavy atom. The van der Waals surface area contributed by atoms with Gasteiger partial charge in [-0.05, 0) is 35.9 Å². The van der Waals surface area contributed by atoms with Crippen molar-refractivity contribution in [1.29, 1.82) is 0 Å². The van der Waals surface area contributed by atoms with Crippen molar-refractivity contribution in [3.05, 3.63) is 107 Å². The Morgan fingerprint density at radius 2 is 1.62 bits per heavy atom. The van der Waals surface area contributed by atoms with Gasteiger partial charge in [0.15, 0.2) is 0 Å². The minimum atomic E-state index is -0.395. The molecule has 0 saturated heterocycles. The van der Waals surface area contributed by atoms with Crippen molar-refractivity contribution in [1.82, 2.24) is 20.1 Å². The first-order valence-electron chi connectivity index (χ1n) is 10.9. The summed E-state index contributed by atoms with van der Waals surface area (Å²) >= 11 is 0. The second-order valence-electron chi connectivity index (χ2n) is 7.89. The first-order valence-corrected chi connectivity index (χ1v) is 10.9. The topological polar surface area (TPSA) is 86.1 Å². The first kappa shape index (κ1) is 21.3. The number of methoxy groups -OCH3 is 1. The number of rotatable bonds is 6. The highest BCUT2D eigenvalue weighted by molar-refractivity contribution is 6.05. The molecule has 0 unspecified atom stereocenters. The number of fused-ring (bicyclic) bond motifs is 2. The van der Waals surface area contributed by atoms with Crippen LogP contribution in [0, 0.1) is 0 Å². The van der Waals surface area contributed by atoms with Crippen LogP contribution >= 0.6 is 0 Å². The van der Waals surface area contributed by atoms with Gasteiger partial charge in [-0.15, -0.1) is 0 Å². The smallest absolute Gasteiger partial charge is 0.337 e. The molecule has 1 amide bonds. The molecule has 0 radical (unpaired) electrons. The lowest BCUT2D eigenvalue weighted by Gasteiger charge is -2.10. The van der Waals surface area contributed by atoms with E-state index in [0.29, 0.717) is 24.3 Å². The van der Waals surface area contributed by atoms with Crippen LogP contribution < -0.4 is 5.32 Å². The minimum Gasteiger partial charge on any atom is -0.465 e. The maximum atomic E-state index is 13.3. The van der Waals surface area contributed by atoms with Crippen molar-refractivity contribution in [2.75, 3.05) is 7.11 Å². The number of pyridine rings is 1. The standard InChI is InChI=1S/C27H22N4O3/c1-34-27(33)20-12-10-18(11-13-20)16-28-26(32)25-22-7-3-5-9-24(22)30-31(25)17-21-15-14-19-6-2-4-8-23(19)29-21/h2-15H,16-17H2,1H3,(H,28,32). The average Bonchev–Trinajstić information content (AvgIpc) is 3.25. The molecule has 34 heavy (non-hydrogen) atoms. The third-order valence-corrected chi connectivity index (χ3v) is 5.66. The molecule has 0 saturated carbocycles. The normalized spacial score (nSPS) is 11.0. The van der Waals surface area contributed by atoms with Crippen LogP contribution in [0.15, 0.2) is 84.9 Å². The van der Waals surface area contributed by atoms with Crippen molar-refractivity contribution >= 4 is 33.7 Å². The van der Waals surface area contributed by atoms with Gasteiger partial charge in [0.25, 0.3) is 5.91 Å². The van der Waals surface area contributed by atoms with Crippen LogP contribution in [0.5, 0.6) is 0 Å². The van der Waals surface area contributed by atoms with E-state index in [0.717, 1.165) is 33.1 Å². The summed E-state index contributed by atoms with van der Waals surface area (Å²) in [5.74, 6) is -0.625. The van der Waals surface area contributed by atoms with Gasteiger partial charge in [0.2, 0.25) is 0 Å². The summed E-state index contributed by atoms with van der Waals surface area (Å²) in [6.45, 7) is 0.685. The Morgan fingerprint density at radius 3 is 2.41 bits per heavy atom. The van der Waals surface area contributed by atoms with E-state index in [-0.39, 0.29) is 5.91 Å². The monoisotopic (exact) mass is 450 g/mol. The summed E-state index contributed by atoms with van der Waals surface area (Å²) in [5.41, 5.74) is 4.28. The molecule has 7 heteroatoms. The van der Waals surface area contributed by atoms with Gasteiger partial charge in [-0.3, -0.25) is 14.5 Å². The summed E-state index contributed by atoms with van der Waals surface area (Å²) in [6.07, 6.45) is 0. The number of nitrogens with one attached hydrogen (secondary N) is 1. The zero-order valence-electron chi connectivity index (χ0n) is 18.6. The number of carbonyl (C=O) groups excluding carboxylic acids is 2. The quantitative estimate of drug-likeness (QED) is 0.389. The second kappa shape index (κ2) is 9.15. The molecule has 5 rings (SSSR count). The lowest BCUT2D eigenvalue weighted by Crippen LogP contribution is -2.26. The van der Waals surface area contributed by atoms with E-state index in [1.54, 1.807) is 28.9 Å². The highest BCUT2D eigenvalue weighted by atomic mass is 16.5. The zero-order valence-corrected chi connectivity index (χ0v) is 18.6. The highest BCUT2D eigenvalue weighted by Crippen LogP contribution is 2.20. The SMILES string of the molecule is COC(=O)c1ccc(CNC(=O)c2c3ccccc3nn2Cc2ccc3ccccc3n2)cc1. The van der Waals surface area contributed by atoms with Crippen LogP contribution in [-0.4, -0.2) is 33.8 Å². The summed E-state index contributed by atoms with van der Waals surface area (Å²) in [4.78, 5) is 29.6. The summed E-state index contributed by atoms with van der Waals surface area (Å²) in [6, 6.07) is 26.4. The summed E-state index contributed by atoms with van der Waals surface area (Å²) < 4.78 is 6.43. The molecule has 2 heterocycles. The molecule has 7 nitrogen and oxygen atoms in total. The lowest BCUT2D eigenvalue weighted by atomic mass is 10.1. The van der Waals surface area contributed by atoms with E-state index in [9.17, 15) is 9.59 Å². The maximum absolute atomic E-state index is 13.3. The second-order valence-corrected chi connectivity index (χ2v) is 7.89. The van der Waals surface area contributed by atoms with Crippen molar-refractivity contribution in [3.8, 4) is 0 Å². The molecule has 0 aliphatic heterocycles.